The molecule has 6 nitrogen and oxygen atoms in total. The van der Waals surface area contributed by atoms with Gasteiger partial charge in [-0.05, 0) is 36.2 Å². The molecule has 2 amide bonds. The van der Waals surface area contributed by atoms with Gasteiger partial charge in [0.15, 0.2) is 0 Å². The first-order valence-electron chi connectivity index (χ1n) is 7.65. The molecule has 0 saturated heterocycles. The Balaban J connectivity index is 2.11. The van der Waals surface area contributed by atoms with Crippen LogP contribution in [0, 0.1) is 0 Å². The number of para-hydroxylation sites is 1. The van der Waals surface area contributed by atoms with Crippen molar-refractivity contribution in [2.75, 3.05) is 18.1 Å². The van der Waals surface area contributed by atoms with Crippen molar-refractivity contribution in [3.63, 3.8) is 0 Å². The fraction of sp³-hybridized carbons (Fsp3) is 0.222. The second-order valence-electron chi connectivity index (χ2n) is 5.25. The maximum atomic E-state index is 12.7. The largest absolute Gasteiger partial charge is 0.395 e. The van der Waals surface area contributed by atoms with E-state index in [0.29, 0.717) is 12.0 Å². The molecule has 0 aliphatic rings. The number of hydrogen-bond acceptors (Lipinski definition) is 4. The average Bonchev–Trinajstić information content (AvgIpc) is 2.64. The number of benzene rings is 2. The smallest absolute Gasteiger partial charge is 0.258 e. The number of aliphatic hydroxyl groups excluding tert-OH is 1. The molecule has 0 aliphatic carbocycles. The zero-order chi connectivity index (χ0) is 17.4. The van der Waals surface area contributed by atoms with Gasteiger partial charge in [-0.3, -0.25) is 14.8 Å². The van der Waals surface area contributed by atoms with Crippen molar-refractivity contribution in [1.29, 1.82) is 0 Å². The van der Waals surface area contributed by atoms with Gasteiger partial charge in [-0.1, -0.05) is 30.3 Å². The summed E-state index contributed by atoms with van der Waals surface area (Å²) in [6, 6.07) is 16.1. The second-order valence-corrected chi connectivity index (χ2v) is 5.25. The minimum Gasteiger partial charge on any atom is -0.395 e. The van der Waals surface area contributed by atoms with E-state index in [2.05, 4.69) is 0 Å². The molecule has 2 aromatic rings. The van der Waals surface area contributed by atoms with E-state index < -0.39 is 5.91 Å². The Bertz CT molecular complexity index is 671. The molecular formula is C18H20N2O4. The topological polar surface area (TPSA) is 89.9 Å². The van der Waals surface area contributed by atoms with Gasteiger partial charge in [0.1, 0.15) is 0 Å². The van der Waals surface area contributed by atoms with Gasteiger partial charge >= 0.3 is 0 Å². The zero-order valence-electron chi connectivity index (χ0n) is 13.2. The first-order valence-corrected chi connectivity index (χ1v) is 7.65. The average molecular weight is 328 g/mol. The quantitative estimate of drug-likeness (QED) is 0.534. The Morgan fingerprint density at radius 2 is 1.67 bits per heavy atom. The molecule has 24 heavy (non-hydrogen) atoms. The van der Waals surface area contributed by atoms with E-state index in [-0.39, 0.29) is 25.5 Å². The van der Waals surface area contributed by atoms with E-state index in [1.807, 2.05) is 30.3 Å². The molecule has 2 aromatic carbocycles. The molecule has 0 unspecified atom stereocenters. The predicted molar refractivity (Wildman–Crippen MR) is 89.9 cm³/mol. The van der Waals surface area contributed by atoms with Gasteiger partial charge < -0.3 is 10.0 Å². The van der Waals surface area contributed by atoms with Crippen LogP contribution in [-0.4, -0.2) is 35.3 Å². The van der Waals surface area contributed by atoms with Crippen molar-refractivity contribution in [3.8, 4) is 0 Å². The Morgan fingerprint density at radius 3 is 2.25 bits per heavy atom. The molecule has 0 aliphatic heterocycles. The monoisotopic (exact) mass is 328 g/mol. The third-order valence-corrected chi connectivity index (χ3v) is 3.60. The Hall–Kier alpha value is -2.70. The SMILES string of the molecule is O=C(CCc1ccc(C(=O)N(CCO)c2ccccc2)cc1)NO. The standard InChI is InChI=1S/C18H20N2O4/c21-13-12-20(16-4-2-1-3-5-16)18(23)15-9-6-14(7-10-15)8-11-17(22)19-24/h1-7,9-10,21,24H,8,11-13H2,(H,19,22). The van der Waals surface area contributed by atoms with Crippen molar-refractivity contribution in [3.05, 3.63) is 65.7 Å². The first-order chi connectivity index (χ1) is 11.7. The van der Waals surface area contributed by atoms with Crippen LogP contribution in [0.5, 0.6) is 0 Å². The number of nitrogens with zero attached hydrogens (tertiary/aromatic N) is 1. The molecule has 126 valence electrons. The summed E-state index contributed by atoms with van der Waals surface area (Å²) in [5.74, 6) is -0.650. The Kier molecular flexibility index (Phi) is 6.48. The number of anilines is 1. The second kappa shape index (κ2) is 8.81. The van der Waals surface area contributed by atoms with Crippen LogP contribution in [0.4, 0.5) is 5.69 Å². The molecule has 0 radical (unpaired) electrons. The molecular weight excluding hydrogens is 308 g/mol. The number of hydrogen-bond donors (Lipinski definition) is 3. The fourth-order valence-corrected chi connectivity index (χ4v) is 2.34. The van der Waals surface area contributed by atoms with Gasteiger partial charge in [0.25, 0.3) is 5.91 Å². The van der Waals surface area contributed by atoms with Crippen molar-refractivity contribution in [2.24, 2.45) is 0 Å². The molecule has 2 rings (SSSR count). The maximum absolute atomic E-state index is 12.7. The van der Waals surface area contributed by atoms with Crippen LogP contribution in [0.3, 0.4) is 0 Å². The third-order valence-electron chi connectivity index (χ3n) is 3.60. The van der Waals surface area contributed by atoms with Crippen LogP contribution >= 0.6 is 0 Å². The lowest BCUT2D eigenvalue weighted by Crippen LogP contribution is -2.33. The molecule has 0 atom stereocenters. The molecule has 0 bridgehead atoms. The van der Waals surface area contributed by atoms with E-state index >= 15 is 0 Å². The summed E-state index contributed by atoms with van der Waals surface area (Å²) < 4.78 is 0. The maximum Gasteiger partial charge on any atom is 0.258 e. The molecule has 0 aromatic heterocycles. The highest BCUT2D eigenvalue weighted by atomic mass is 16.5. The van der Waals surface area contributed by atoms with E-state index in [1.54, 1.807) is 29.7 Å². The summed E-state index contributed by atoms with van der Waals surface area (Å²) in [4.78, 5) is 25.2. The van der Waals surface area contributed by atoms with Gasteiger partial charge in [-0.15, -0.1) is 0 Å². The lowest BCUT2D eigenvalue weighted by atomic mass is 10.1. The summed E-state index contributed by atoms with van der Waals surface area (Å²) in [6.45, 7) is 0.0796. The van der Waals surface area contributed by atoms with Crippen LogP contribution in [0.1, 0.15) is 22.3 Å². The number of hydroxylamine groups is 1. The minimum absolute atomic E-state index is 0.130. The van der Waals surface area contributed by atoms with E-state index in [9.17, 15) is 14.7 Å². The molecule has 6 heteroatoms. The predicted octanol–water partition coefficient (Wildman–Crippen LogP) is 1.76. The highest BCUT2D eigenvalue weighted by Gasteiger charge is 2.17. The molecule has 0 spiro atoms. The minimum atomic E-state index is -0.451. The number of aryl methyl sites for hydroxylation is 1. The summed E-state index contributed by atoms with van der Waals surface area (Å²) in [5.41, 5.74) is 3.71. The van der Waals surface area contributed by atoms with E-state index in [4.69, 9.17) is 5.21 Å². The summed E-state index contributed by atoms with van der Waals surface area (Å²) in [5, 5.41) is 17.7. The van der Waals surface area contributed by atoms with Crippen LogP contribution in [0.2, 0.25) is 0 Å². The van der Waals surface area contributed by atoms with Gasteiger partial charge in [-0.2, -0.15) is 0 Å². The lowest BCUT2D eigenvalue weighted by molar-refractivity contribution is -0.129. The molecule has 0 saturated carbocycles. The normalized spacial score (nSPS) is 10.2. The number of carbonyl (C=O) groups excluding carboxylic acids is 2. The zero-order valence-corrected chi connectivity index (χ0v) is 13.2. The molecule has 3 N–H and O–H groups in total. The summed E-state index contributed by atoms with van der Waals surface area (Å²) in [7, 11) is 0. The van der Waals surface area contributed by atoms with Crippen molar-refractivity contribution >= 4 is 17.5 Å². The summed E-state index contributed by atoms with van der Waals surface area (Å²) >= 11 is 0. The number of rotatable bonds is 7. The van der Waals surface area contributed by atoms with Crippen LogP contribution in [0.15, 0.2) is 54.6 Å². The number of nitrogens with one attached hydrogen (secondary N) is 1. The van der Waals surface area contributed by atoms with Gasteiger partial charge in [0, 0.05) is 24.2 Å². The van der Waals surface area contributed by atoms with Crippen molar-refractivity contribution in [1.82, 2.24) is 5.48 Å². The van der Waals surface area contributed by atoms with Crippen molar-refractivity contribution < 1.29 is 19.9 Å². The van der Waals surface area contributed by atoms with Crippen LogP contribution in [0.25, 0.3) is 0 Å². The summed E-state index contributed by atoms with van der Waals surface area (Å²) in [6.07, 6.45) is 0.643. The lowest BCUT2D eigenvalue weighted by Gasteiger charge is -2.22. The Morgan fingerprint density at radius 1 is 1.00 bits per heavy atom. The van der Waals surface area contributed by atoms with E-state index in [1.165, 1.54) is 4.90 Å². The number of carbonyl (C=O) groups is 2. The number of aliphatic hydroxyl groups is 1. The highest BCUT2D eigenvalue weighted by molar-refractivity contribution is 6.06. The van der Waals surface area contributed by atoms with E-state index in [0.717, 1.165) is 11.3 Å². The van der Waals surface area contributed by atoms with Gasteiger partial charge in [-0.25, -0.2) is 5.48 Å². The van der Waals surface area contributed by atoms with Crippen LogP contribution in [-0.2, 0) is 11.2 Å². The third kappa shape index (κ3) is 4.65. The molecule has 0 fully saturated rings. The van der Waals surface area contributed by atoms with Crippen molar-refractivity contribution in [2.45, 2.75) is 12.8 Å². The highest BCUT2D eigenvalue weighted by Crippen LogP contribution is 2.17. The fourth-order valence-electron chi connectivity index (χ4n) is 2.34. The van der Waals surface area contributed by atoms with Crippen LogP contribution < -0.4 is 10.4 Å². The Labute approximate surface area is 140 Å². The van der Waals surface area contributed by atoms with Gasteiger partial charge in [0.05, 0.1) is 6.61 Å². The molecule has 0 heterocycles. The first kappa shape index (κ1) is 17.7. The van der Waals surface area contributed by atoms with Gasteiger partial charge in [0.2, 0.25) is 5.91 Å². The number of amides is 2.